The van der Waals surface area contributed by atoms with Crippen molar-refractivity contribution in [1.29, 1.82) is 0 Å². The molecule has 0 aliphatic heterocycles. The van der Waals surface area contributed by atoms with E-state index in [0.29, 0.717) is 17.0 Å². The van der Waals surface area contributed by atoms with Crippen LogP contribution in [0.2, 0.25) is 0 Å². The molecule has 0 radical (unpaired) electrons. The third kappa shape index (κ3) is 4.14. The second kappa shape index (κ2) is 8.49. The zero-order valence-electron chi connectivity index (χ0n) is 14.0. The van der Waals surface area contributed by atoms with E-state index >= 15 is 0 Å². The predicted octanol–water partition coefficient (Wildman–Crippen LogP) is 4.34. The number of anilines is 1. The number of methoxy groups -OCH3 is 2. The third-order valence-corrected chi connectivity index (χ3v) is 4.49. The van der Waals surface area contributed by atoms with E-state index in [2.05, 4.69) is 5.32 Å². The Balaban J connectivity index is 2.34. The van der Waals surface area contributed by atoms with Crippen LogP contribution in [0.1, 0.15) is 36.5 Å². The van der Waals surface area contributed by atoms with Crippen LogP contribution in [-0.4, -0.2) is 26.1 Å². The molecule has 0 aliphatic carbocycles. The van der Waals surface area contributed by atoms with E-state index in [1.807, 2.05) is 36.6 Å². The fourth-order valence-electron chi connectivity index (χ4n) is 2.26. The van der Waals surface area contributed by atoms with Gasteiger partial charge in [-0.05, 0) is 24.1 Å². The molecular weight excluding hydrogens is 326 g/mol. The van der Waals surface area contributed by atoms with Crippen molar-refractivity contribution < 1.29 is 19.1 Å². The summed E-state index contributed by atoms with van der Waals surface area (Å²) in [4.78, 5) is 24.2. The van der Waals surface area contributed by atoms with Crippen LogP contribution >= 0.6 is 11.3 Å². The summed E-state index contributed by atoms with van der Waals surface area (Å²) in [6.45, 7) is 2.03. The van der Waals surface area contributed by atoms with Crippen molar-refractivity contribution in [2.75, 3.05) is 19.5 Å². The van der Waals surface area contributed by atoms with Gasteiger partial charge >= 0.3 is 5.97 Å². The fraction of sp³-hybridized carbons (Fsp3) is 0.333. The predicted molar refractivity (Wildman–Crippen MR) is 95.8 cm³/mol. The van der Waals surface area contributed by atoms with Gasteiger partial charge in [-0.1, -0.05) is 25.5 Å². The average molecular weight is 347 g/mol. The monoisotopic (exact) mass is 347 g/mol. The Morgan fingerprint density at radius 1 is 1.17 bits per heavy atom. The molecule has 5 nitrogen and oxygen atoms in total. The van der Waals surface area contributed by atoms with Gasteiger partial charge in [0.15, 0.2) is 0 Å². The Morgan fingerprint density at radius 2 is 1.88 bits per heavy atom. The topological polar surface area (TPSA) is 64.6 Å². The van der Waals surface area contributed by atoms with Gasteiger partial charge in [-0.25, -0.2) is 4.79 Å². The quantitative estimate of drug-likeness (QED) is 0.757. The van der Waals surface area contributed by atoms with Crippen molar-refractivity contribution in [3.63, 3.8) is 0 Å². The Kier molecular flexibility index (Phi) is 6.37. The minimum atomic E-state index is -0.465. The summed E-state index contributed by atoms with van der Waals surface area (Å²) in [5, 5.41) is 5.20. The third-order valence-electron chi connectivity index (χ3n) is 3.59. The maximum absolute atomic E-state index is 12.2. The molecule has 1 heterocycles. The van der Waals surface area contributed by atoms with Crippen LogP contribution in [0, 0.1) is 0 Å². The molecule has 1 amide bonds. The van der Waals surface area contributed by atoms with Crippen LogP contribution in [-0.2, 0) is 9.53 Å². The lowest BCUT2D eigenvalue weighted by Gasteiger charge is -2.08. The molecule has 0 saturated heterocycles. The number of carbonyl (C=O) groups is 2. The molecule has 0 saturated carbocycles. The second-order valence-corrected chi connectivity index (χ2v) is 6.10. The summed E-state index contributed by atoms with van der Waals surface area (Å²) in [6, 6.07) is 7.40. The number of ether oxygens (including phenoxy) is 2. The number of hydrogen-bond donors (Lipinski definition) is 1. The van der Waals surface area contributed by atoms with Crippen LogP contribution in [0.15, 0.2) is 29.6 Å². The Bertz CT molecular complexity index is 706. The summed E-state index contributed by atoms with van der Waals surface area (Å²) in [6.07, 6.45) is 2.20. The maximum atomic E-state index is 12.2. The van der Waals surface area contributed by atoms with E-state index in [0.717, 1.165) is 29.7 Å². The van der Waals surface area contributed by atoms with Crippen molar-refractivity contribution >= 4 is 28.2 Å². The van der Waals surface area contributed by atoms with Crippen molar-refractivity contribution in [2.45, 2.75) is 26.2 Å². The molecule has 0 unspecified atom stereocenters. The number of rotatable bonds is 7. The van der Waals surface area contributed by atoms with Gasteiger partial charge in [-0.3, -0.25) is 4.79 Å². The van der Waals surface area contributed by atoms with E-state index in [1.54, 1.807) is 7.11 Å². The van der Waals surface area contributed by atoms with E-state index in [1.165, 1.54) is 18.4 Å². The van der Waals surface area contributed by atoms with Gasteiger partial charge in [0.05, 0.1) is 14.2 Å². The van der Waals surface area contributed by atoms with Crippen LogP contribution in [0.4, 0.5) is 5.00 Å². The second-order valence-electron chi connectivity index (χ2n) is 5.23. The maximum Gasteiger partial charge on any atom is 0.341 e. The van der Waals surface area contributed by atoms with E-state index in [9.17, 15) is 9.59 Å². The first-order chi connectivity index (χ1) is 11.6. The molecule has 1 aromatic carbocycles. The lowest BCUT2D eigenvalue weighted by Crippen LogP contribution is -2.13. The van der Waals surface area contributed by atoms with Gasteiger partial charge in [0.1, 0.15) is 16.3 Å². The number of unbranched alkanes of at least 4 members (excludes halogenated alkanes) is 1. The Labute approximate surface area is 145 Å². The lowest BCUT2D eigenvalue weighted by molar-refractivity contribution is -0.116. The Morgan fingerprint density at radius 3 is 2.46 bits per heavy atom. The highest BCUT2D eigenvalue weighted by atomic mass is 32.1. The van der Waals surface area contributed by atoms with Crippen molar-refractivity contribution in [1.82, 2.24) is 0 Å². The lowest BCUT2D eigenvalue weighted by atomic mass is 10.0. The van der Waals surface area contributed by atoms with E-state index in [-0.39, 0.29) is 5.91 Å². The number of benzene rings is 1. The van der Waals surface area contributed by atoms with E-state index < -0.39 is 5.97 Å². The van der Waals surface area contributed by atoms with Gasteiger partial charge in [0.2, 0.25) is 5.91 Å². The highest BCUT2D eigenvalue weighted by molar-refractivity contribution is 7.15. The van der Waals surface area contributed by atoms with Crippen LogP contribution in [0.5, 0.6) is 5.75 Å². The number of amides is 1. The average Bonchev–Trinajstić information content (AvgIpc) is 3.02. The molecule has 0 fully saturated rings. The zero-order chi connectivity index (χ0) is 17.5. The summed E-state index contributed by atoms with van der Waals surface area (Å²) >= 11 is 1.32. The number of carbonyl (C=O) groups excluding carboxylic acids is 2. The highest BCUT2D eigenvalue weighted by Gasteiger charge is 2.22. The largest absolute Gasteiger partial charge is 0.497 e. The molecule has 2 rings (SSSR count). The minimum absolute atomic E-state index is 0.0925. The molecule has 0 spiro atoms. The summed E-state index contributed by atoms with van der Waals surface area (Å²) in [7, 11) is 2.93. The molecule has 24 heavy (non-hydrogen) atoms. The van der Waals surface area contributed by atoms with Gasteiger partial charge in [-0.15, -0.1) is 11.3 Å². The standard InChI is InChI=1S/C18H21NO4S/c1-4-5-6-15(20)19-17-16(18(21)23-3)14(11-24-17)12-7-9-13(22-2)10-8-12/h7-11H,4-6H2,1-3H3,(H,19,20). The molecule has 1 N–H and O–H groups in total. The highest BCUT2D eigenvalue weighted by Crippen LogP contribution is 2.36. The molecule has 1 aromatic heterocycles. The number of nitrogens with one attached hydrogen (secondary N) is 1. The van der Waals surface area contributed by atoms with Crippen molar-refractivity contribution in [3.8, 4) is 16.9 Å². The molecule has 2 aromatic rings. The molecule has 128 valence electrons. The molecule has 0 bridgehead atoms. The zero-order valence-corrected chi connectivity index (χ0v) is 14.9. The van der Waals surface area contributed by atoms with Crippen LogP contribution < -0.4 is 10.1 Å². The molecular formula is C18H21NO4S. The summed E-state index contributed by atoms with van der Waals surface area (Å²) < 4.78 is 10.1. The van der Waals surface area contributed by atoms with Gasteiger partial charge in [-0.2, -0.15) is 0 Å². The van der Waals surface area contributed by atoms with Crippen LogP contribution in [0.3, 0.4) is 0 Å². The van der Waals surface area contributed by atoms with Crippen LogP contribution in [0.25, 0.3) is 11.1 Å². The van der Waals surface area contributed by atoms with E-state index in [4.69, 9.17) is 9.47 Å². The smallest absolute Gasteiger partial charge is 0.341 e. The number of thiophene rings is 1. The van der Waals surface area contributed by atoms with Gasteiger partial charge < -0.3 is 14.8 Å². The normalized spacial score (nSPS) is 10.3. The molecule has 0 aliphatic rings. The number of hydrogen-bond acceptors (Lipinski definition) is 5. The van der Waals surface area contributed by atoms with Crippen molar-refractivity contribution in [3.05, 3.63) is 35.2 Å². The van der Waals surface area contributed by atoms with Crippen molar-refractivity contribution in [2.24, 2.45) is 0 Å². The fourth-order valence-corrected chi connectivity index (χ4v) is 3.24. The van der Waals surface area contributed by atoms with Gasteiger partial charge in [0.25, 0.3) is 0 Å². The number of esters is 1. The summed E-state index contributed by atoms with van der Waals surface area (Å²) in [5.74, 6) is 0.180. The molecule has 0 atom stereocenters. The first kappa shape index (κ1) is 18.0. The summed E-state index contributed by atoms with van der Waals surface area (Å²) in [5.41, 5.74) is 1.99. The van der Waals surface area contributed by atoms with Gasteiger partial charge in [0, 0.05) is 17.4 Å². The SMILES string of the molecule is CCCCC(=O)Nc1scc(-c2ccc(OC)cc2)c1C(=O)OC. The first-order valence-electron chi connectivity index (χ1n) is 7.74. The Hall–Kier alpha value is -2.34. The minimum Gasteiger partial charge on any atom is -0.497 e. The first-order valence-corrected chi connectivity index (χ1v) is 8.62. The molecule has 6 heteroatoms.